The van der Waals surface area contributed by atoms with Gasteiger partial charge in [-0.05, 0) is 65.5 Å². The number of hydrogen-bond acceptors (Lipinski definition) is 7. The largest absolute Gasteiger partial charge is 0.530 e. The van der Waals surface area contributed by atoms with E-state index in [1.165, 1.54) is 4.90 Å². The van der Waals surface area contributed by atoms with Gasteiger partial charge in [0.15, 0.2) is 0 Å². The number of nitrogens with zero attached hydrogens (tertiary/aromatic N) is 1. The number of aliphatic hydroxyl groups is 2. The molecule has 0 aliphatic carbocycles. The number of hydrogen-bond donors (Lipinski definition) is 4. The summed E-state index contributed by atoms with van der Waals surface area (Å²) >= 11 is 0. The van der Waals surface area contributed by atoms with Gasteiger partial charge < -0.3 is 40.4 Å². The minimum absolute atomic E-state index is 0.00163. The van der Waals surface area contributed by atoms with Crippen molar-refractivity contribution in [3.63, 3.8) is 0 Å². The number of carbonyl (C=O) groups is 2. The van der Waals surface area contributed by atoms with Crippen LogP contribution in [0.3, 0.4) is 0 Å². The Labute approximate surface area is 232 Å². The van der Waals surface area contributed by atoms with Gasteiger partial charge in [-0.2, -0.15) is 0 Å². The first-order valence-electron chi connectivity index (χ1n) is 13.3. The molecule has 0 bridgehead atoms. The fourth-order valence-corrected chi connectivity index (χ4v) is 4.43. The van der Waals surface area contributed by atoms with Gasteiger partial charge in [0, 0.05) is 24.7 Å². The van der Waals surface area contributed by atoms with Crippen LogP contribution in [-0.2, 0) is 17.6 Å². The predicted molar refractivity (Wildman–Crippen MR) is 149 cm³/mol. The molecule has 2 rings (SSSR count). The Morgan fingerprint density at radius 2 is 1.36 bits per heavy atom. The van der Waals surface area contributed by atoms with E-state index in [0.717, 1.165) is 11.1 Å². The molecule has 0 aliphatic rings. The number of rotatable bonds is 12. The van der Waals surface area contributed by atoms with Crippen LogP contribution >= 0.6 is 0 Å². The summed E-state index contributed by atoms with van der Waals surface area (Å²) in [4.78, 5) is 25.5. The summed E-state index contributed by atoms with van der Waals surface area (Å²) in [5.74, 6) is 0. The number of alkyl carbamates (subject to hydrolysis) is 1. The molecule has 0 radical (unpaired) electrons. The van der Waals surface area contributed by atoms with Crippen LogP contribution in [0.4, 0.5) is 9.59 Å². The monoisotopic (exact) mass is 542 g/mol. The molecular weight excluding hydrogens is 498 g/mol. The van der Waals surface area contributed by atoms with Crippen LogP contribution in [0.1, 0.15) is 52.7 Å². The van der Waals surface area contributed by atoms with E-state index in [4.69, 9.17) is 4.74 Å². The molecule has 2 amide bonds. The van der Waals surface area contributed by atoms with Gasteiger partial charge in [-0.3, -0.25) is 0 Å². The van der Waals surface area contributed by atoms with Crippen molar-refractivity contribution in [1.29, 1.82) is 0 Å². The van der Waals surface area contributed by atoms with E-state index in [9.17, 15) is 24.9 Å². The van der Waals surface area contributed by atoms with Gasteiger partial charge in [0.1, 0.15) is 11.7 Å². The SMILES string of the molecule is CC(C)(C)OC(=O)NC[C@H](O)[C@@H](Cc1ccccc1)NC[C@@H](O)[C@H](Cc1ccccc1)N(C(=O)[O-])C(C)(C)C. The normalized spacial score (nSPS) is 15.1. The van der Waals surface area contributed by atoms with Crippen molar-refractivity contribution in [2.45, 2.75) is 89.8 Å². The summed E-state index contributed by atoms with van der Waals surface area (Å²) in [5.41, 5.74) is 0.332. The third-order valence-electron chi connectivity index (χ3n) is 6.19. The molecule has 0 spiro atoms. The summed E-state index contributed by atoms with van der Waals surface area (Å²) in [5, 5.41) is 40.4. The van der Waals surface area contributed by atoms with Gasteiger partial charge >= 0.3 is 6.09 Å². The van der Waals surface area contributed by atoms with Crippen LogP contribution < -0.4 is 15.7 Å². The lowest BCUT2D eigenvalue weighted by Gasteiger charge is -2.46. The van der Waals surface area contributed by atoms with Crippen molar-refractivity contribution in [1.82, 2.24) is 15.5 Å². The highest BCUT2D eigenvalue weighted by Gasteiger charge is 2.34. The molecule has 4 atom stereocenters. The van der Waals surface area contributed by atoms with Crippen molar-refractivity contribution < 1.29 is 29.6 Å². The van der Waals surface area contributed by atoms with E-state index in [1.54, 1.807) is 41.5 Å². The maximum Gasteiger partial charge on any atom is 0.407 e. The van der Waals surface area contributed by atoms with Crippen LogP contribution in [0, 0.1) is 0 Å². The maximum atomic E-state index is 12.2. The summed E-state index contributed by atoms with van der Waals surface area (Å²) < 4.78 is 5.26. The van der Waals surface area contributed by atoms with E-state index in [0.29, 0.717) is 6.42 Å². The van der Waals surface area contributed by atoms with Crippen LogP contribution in [0.25, 0.3) is 0 Å². The summed E-state index contributed by atoms with van der Waals surface area (Å²) in [6.07, 6.45) is -3.45. The molecule has 4 N–H and O–H groups in total. The molecule has 2 aromatic carbocycles. The standard InChI is InChI=1S/C30H45N3O6/c1-29(2,3)33(28(37)38)24(18-22-15-11-8-12-16-22)26(35)20-31-23(17-21-13-9-7-10-14-21)25(34)19-32-27(36)39-30(4,5)6/h7-16,23-26,31,34-35H,17-20H2,1-6H3,(H,32,36)(H,37,38)/p-1/t23-,24+,25+,26-/m1/s1. The van der Waals surface area contributed by atoms with Crippen molar-refractivity contribution in [3.05, 3.63) is 71.8 Å². The molecule has 9 nitrogen and oxygen atoms in total. The van der Waals surface area contributed by atoms with Gasteiger partial charge in [-0.1, -0.05) is 60.7 Å². The molecule has 0 aromatic heterocycles. The Kier molecular flexibility index (Phi) is 11.8. The summed E-state index contributed by atoms with van der Waals surface area (Å²) in [6, 6.07) is 17.5. The van der Waals surface area contributed by atoms with Crippen LogP contribution in [0.5, 0.6) is 0 Å². The highest BCUT2D eigenvalue weighted by atomic mass is 16.6. The molecule has 2 aromatic rings. The number of nitrogens with one attached hydrogen (secondary N) is 2. The van der Waals surface area contributed by atoms with Gasteiger partial charge in [0.25, 0.3) is 0 Å². The Morgan fingerprint density at radius 1 is 0.846 bits per heavy atom. The van der Waals surface area contributed by atoms with E-state index >= 15 is 0 Å². The van der Waals surface area contributed by atoms with E-state index in [1.807, 2.05) is 60.7 Å². The smallest absolute Gasteiger partial charge is 0.407 e. The molecule has 0 unspecified atom stereocenters. The number of ether oxygens (including phenoxy) is 1. The molecule has 0 heterocycles. The number of amides is 2. The third-order valence-corrected chi connectivity index (χ3v) is 6.19. The molecule has 0 fully saturated rings. The summed E-state index contributed by atoms with van der Waals surface area (Å²) in [6.45, 7) is 10.5. The lowest BCUT2D eigenvalue weighted by molar-refractivity contribution is -0.275. The minimum Gasteiger partial charge on any atom is -0.530 e. The number of aliphatic hydroxyl groups excluding tert-OH is 2. The molecule has 0 aliphatic heterocycles. The van der Waals surface area contributed by atoms with Crippen LogP contribution in [0.2, 0.25) is 0 Å². The van der Waals surface area contributed by atoms with Crippen molar-refractivity contribution in [3.8, 4) is 0 Å². The average Bonchev–Trinajstić information content (AvgIpc) is 2.83. The molecular formula is C30H44N3O6-. The zero-order valence-electron chi connectivity index (χ0n) is 23.9. The lowest BCUT2D eigenvalue weighted by atomic mass is 9.94. The Hall–Kier alpha value is -3.14. The van der Waals surface area contributed by atoms with Gasteiger partial charge in [-0.15, -0.1) is 0 Å². The maximum absolute atomic E-state index is 12.2. The predicted octanol–water partition coefficient (Wildman–Crippen LogP) is 2.49. The first-order valence-corrected chi connectivity index (χ1v) is 13.3. The zero-order valence-corrected chi connectivity index (χ0v) is 23.9. The first-order chi connectivity index (χ1) is 18.2. The quantitative estimate of drug-likeness (QED) is 0.324. The second-order valence-corrected chi connectivity index (χ2v) is 11.8. The van der Waals surface area contributed by atoms with Gasteiger partial charge in [-0.25, -0.2) is 4.79 Å². The molecule has 39 heavy (non-hydrogen) atoms. The topological polar surface area (TPSA) is 134 Å². The first kappa shape index (κ1) is 32.1. The van der Waals surface area contributed by atoms with Gasteiger partial charge in [0.05, 0.1) is 18.2 Å². The second-order valence-electron chi connectivity index (χ2n) is 11.8. The number of carbonyl (C=O) groups excluding carboxylic acids is 2. The molecule has 9 heteroatoms. The van der Waals surface area contributed by atoms with Crippen molar-refractivity contribution >= 4 is 12.2 Å². The molecule has 0 saturated carbocycles. The van der Waals surface area contributed by atoms with Crippen LogP contribution in [0.15, 0.2) is 60.7 Å². The zero-order chi connectivity index (χ0) is 29.2. The fraction of sp³-hybridized carbons (Fsp3) is 0.533. The van der Waals surface area contributed by atoms with Crippen LogP contribution in [-0.4, -0.2) is 75.8 Å². The Bertz CT molecular complexity index is 1020. The minimum atomic E-state index is -1.37. The van der Waals surface area contributed by atoms with E-state index < -0.39 is 47.6 Å². The van der Waals surface area contributed by atoms with E-state index in [2.05, 4.69) is 10.6 Å². The number of carboxylic acid groups (broad SMARTS) is 1. The molecule has 0 saturated heterocycles. The summed E-state index contributed by atoms with van der Waals surface area (Å²) in [7, 11) is 0. The average molecular weight is 543 g/mol. The van der Waals surface area contributed by atoms with Crippen molar-refractivity contribution in [2.75, 3.05) is 13.1 Å². The highest BCUT2D eigenvalue weighted by Crippen LogP contribution is 2.22. The Balaban J connectivity index is 2.21. The van der Waals surface area contributed by atoms with E-state index in [-0.39, 0.29) is 19.5 Å². The second kappa shape index (κ2) is 14.3. The highest BCUT2D eigenvalue weighted by molar-refractivity contribution is 5.67. The molecule has 216 valence electrons. The fourth-order valence-electron chi connectivity index (χ4n) is 4.43. The number of benzene rings is 2. The Morgan fingerprint density at radius 3 is 1.82 bits per heavy atom. The third kappa shape index (κ3) is 11.2. The van der Waals surface area contributed by atoms with Gasteiger partial charge in [0.2, 0.25) is 0 Å². The lowest BCUT2D eigenvalue weighted by Crippen LogP contribution is -2.62. The van der Waals surface area contributed by atoms with Crippen molar-refractivity contribution in [2.24, 2.45) is 0 Å².